The molecule has 2 aromatic rings. The normalized spacial score (nSPS) is 10.3. The Morgan fingerprint density at radius 2 is 2.15 bits per heavy atom. The molecule has 0 fully saturated rings. The predicted molar refractivity (Wildman–Crippen MR) is 88.4 cm³/mol. The van der Waals surface area contributed by atoms with E-state index in [1.165, 1.54) is 0 Å². The topological polar surface area (TPSA) is 58.4 Å². The number of benzene rings is 1. The number of nitrogens with zero attached hydrogens (tertiary/aromatic N) is 1. The van der Waals surface area contributed by atoms with E-state index in [-0.39, 0.29) is 5.91 Å². The Labute approximate surface area is 130 Å². The highest BCUT2D eigenvalue weighted by Gasteiger charge is 2.13. The van der Waals surface area contributed by atoms with E-state index in [0.717, 1.165) is 15.0 Å². The lowest BCUT2D eigenvalue weighted by Crippen LogP contribution is -2.25. The molecule has 3 N–H and O–H groups in total. The zero-order valence-electron chi connectivity index (χ0n) is 11.3. The van der Waals surface area contributed by atoms with E-state index in [9.17, 15) is 4.79 Å². The second kappa shape index (κ2) is 6.28. The number of hydrogen-bond acceptors (Lipinski definition) is 4. The quantitative estimate of drug-likeness (QED) is 0.830. The summed E-state index contributed by atoms with van der Waals surface area (Å²) in [5.74, 6) is -0.120. The van der Waals surface area contributed by atoms with E-state index in [0.29, 0.717) is 17.8 Å². The number of anilines is 2. The number of nitrogens with two attached hydrogens (primary N) is 1. The third-order valence-electron chi connectivity index (χ3n) is 2.79. The van der Waals surface area contributed by atoms with Gasteiger partial charge in [-0.15, -0.1) is 11.3 Å². The van der Waals surface area contributed by atoms with Crippen LogP contribution >= 0.6 is 27.3 Å². The van der Waals surface area contributed by atoms with Crippen LogP contribution in [-0.4, -0.2) is 20.0 Å². The zero-order valence-corrected chi connectivity index (χ0v) is 13.7. The van der Waals surface area contributed by atoms with Crippen molar-refractivity contribution in [3.8, 4) is 0 Å². The van der Waals surface area contributed by atoms with Crippen molar-refractivity contribution in [1.29, 1.82) is 0 Å². The Hall–Kier alpha value is -1.53. The minimum Gasteiger partial charge on any atom is -0.399 e. The summed E-state index contributed by atoms with van der Waals surface area (Å²) in [6.07, 6.45) is 0. The van der Waals surface area contributed by atoms with Crippen LogP contribution in [0.3, 0.4) is 0 Å². The SMILES string of the molecule is CN(C)c1ccc(N)cc1C(=O)NCc1cc(Br)cs1. The van der Waals surface area contributed by atoms with Gasteiger partial charge in [0.25, 0.3) is 5.91 Å². The van der Waals surface area contributed by atoms with Crippen molar-refractivity contribution in [2.24, 2.45) is 0 Å². The van der Waals surface area contributed by atoms with Crippen LogP contribution in [0.2, 0.25) is 0 Å². The van der Waals surface area contributed by atoms with Crippen LogP contribution in [0.25, 0.3) is 0 Å². The molecule has 0 aliphatic rings. The molecule has 0 radical (unpaired) electrons. The fourth-order valence-corrected chi connectivity index (χ4v) is 3.23. The van der Waals surface area contributed by atoms with Crippen molar-refractivity contribution in [1.82, 2.24) is 5.32 Å². The summed E-state index contributed by atoms with van der Waals surface area (Å²) in [5, 5.41) is 4.91. The van der Waals surface area contributed by atoms with Crippen LogP contribution in [0.5, 0.6) is 0 Å². The molecule has 0 atom stereocenters. The van der Waals surface area contributed by atoms with Crippen molar-refractivity contribution in [3.05, 3.63) is 44.6 Å². The van der Waals surface area contributed by atoms with Gasteiger partial charge in [-0.3, -0.25) is 4.79 Å². The Kier molecular flexibility index (Phi) is 4.67. The van der Waals surface area contributed by atoms with Crippen LogP contribution in [-0.2, 0) is 6.54 Å². The average Bonchev–Trinajstić information content (AvgIpc) is 2.81. The summed E-state index contributed by atoms with van der Waals surface area (Å²) in [6, 6.07) is 7.35. The smallest absolute Gasteiger partial charge is 0.253 e. The number of thiophene rings is 1. The molecule has 0 aliphatic heterocycles. The highest BCUT2D eigenvalue weighted by Crippen LogP contribution is 2.22. The molecule has 0 saturated carbocycles. The Balaban J connectivity index is 2.14. The van der Waals surface area contributed by atoms with E-state index in [1.54, 1.807) is 23.5 Å². The van der Waals surface area contributed by atoms with Gasteiger partial charge in [-0.05, 0) is 40.2 Å². The molecule has 0 unspecified atom stereocenters. The summed E-state index contributed by atoms with van der Waals surface area (Å²) in [4.78, 5) is 15.3. The van der Waals surface area contributed by atoms with E-state index < -0.39 is 0 Å². The molecule has 1 amide bonds. The number of carbonyl (C=O) groups is 1. The van der Waals surface area contributed by atoms with Crippen LogP contribution in [0, 0.1) is 0 Å². The number of hydrogen-bond donors (Lipinski definition) is 2. The number of nitrogens with one attached hydrogen (secondary N) is 1. The number of rotatable bonds is 4. The van der Waals surface area contributed by atoms with E-state index in [4.69, 9.17) is 5.73 Å². The molecule has 106 valence electrons. The molecule has 0 aliphatic carbocycles. The molecule has 4 nitrogen and oxygen atoms in total. The highest BCUT2D eigenvalue weighted by atomic mass is 79.9. The van der Waals surface area contributed by atoms with Gasteiger partial charge in [0, 0.05) is 40.2 Å². The van der Waals surface area contributed by atoms with Gasteiger partial charge in [-0.2, -0.15) is 0 Å². The largest absolute Gasteiger partial charge is 0.399 e. The first-order valence-corrected chi connectivity index (χ1v) is 7.72. The van der Waals surface area contributed by atoms with E-state index in [2.05, 4.69) is 21.2 Å². The molecule has 0 saturated heterocycles. The number of carbonyl (C=O) groups excluding carboxylic acids is 1. The second-order valence-electron chi connectivity index (χ2n) is 4.58. The maximum Gasteiger partial charge on any atom is 0.253 e. The van der Waals surface area contributed by atoms with Gasteiger partial charge in [-0.25, -0.2) is 0 Å². The van der Waals surface area contributed by atoms with Crippen molar-refractivity contribution >= 4 is 44.5 Å². The lowest BCUT2D eigenvalue weighted by Gasteiger charge is -2.17. The van der Waals surface area contributed by atoms with Gasteiger partial charge in [0.1, 0.15) is 0 Å². The Morgan fingerprint density at radius 3 is 2.75 bits per heavy atom. The lowest BCUT2D eigenvalue weighted by atomic mass is 10.1. The summed E-state index contributed by atoms with van der Waals surface area (Å²) in [6.45, 7) is 0.511. The van der Waals surface area contributed by atoms with Crippen LogP contribution < -0.4 is 16.0 Å². The Bertz CT molecular complexity index is 625. The maximum absolute atomic E-state index is 12.3. The predicted octanol–water partition coefficient (Wildman–Crippen LogP) is 3.09. The van der Waals surface area contributed by atoms with Crippen LogP contribution in [0.1, 0.15) is 15.2 Å². The van der Waals surface area contributed by atoms with E-state index >= 15 is 0 Å². The molecule has 6 heteroatoms. The zero-order chi connectivity index (χ0) is 14.7. The van der Waals surface area contributed by atoms with Gasteiger partial charge in [0.05, 0.1) is 12.1 Å². The van der Waals surface area contributed by atoms with Gasteiger partial charge >= 0.3 is 0 Å². The van der Waals surface area contributed by atoms with Gasteiger partial charge in [0.2, 0.25) is 0 Å². The van der Waals surface area contributed by atoms with Crippen molar-refractivity contribution in [3.63, 3.8) is 0 Å². The summed E-state index contributed by atoms with van der Waals surface area (Å²) in [5.41, 5.74) is 7.80. The fraction of sp³-hybridized carbons (Fsp3) is 0.214. The van der Waals surface area contributed by atoms with Crippen LogP contribution in [0.15, 0.2) is 34.1 Å². The van der Waals surface area contributed by atoms with E-state index in [1.807, 2.05) is 36.5 Å². The van der Waals surface area contributed by atoms with Crippen molar-refractivity contribution < 1.29 is 4.79 Å². The molecular formula is C14H16BrN3OS. The van der Waals surface area contributed by atoms with Crippen molar-refractivity contribution in [2.45, 2.75) is 6.54 Å². The molecule has 20 heavy (non-hydrogen) atoms. The number of amides is 1. The molecule has 0 bridgehead atoms. The van der Waals surface area contributed by atoms with Gasteiger partial charge < -0.3 is 16.0 Å². The Morgan fingerprint density at radius 1 is 1.40 bits per heavy atom. The monoisotopic (exact) mass is 353 g/mol. The first-order chi connectivity index (χ1) is 9.47. The third kappa shape index (κ3) is 3.52. The molecule has 1 heterocycles. The van der Waals surface area contributed by atoms with Crippen molar-refractivity contribution in [2.75, 3.05) is 24.7 Å². The molecular weight excluding hydrogens is 338 g/mol. The molecule has 0 spiro atoms. The summed E-state index contributed by atoms with van der Waals surface area (Å²) < 4.78 is 1.03. The first kappa shape index (κ1) is 14.9. The molecule has 2 rings (SSSR count). The van der Waals surface area contributed by atoms with Crippen LogP contribution in [0.4, 0.5) is 11.4 Å². The fourth-order valence-electron chi connectivity index (χ4n) is 1.83. The lowest BCUT2D eigenvalue weighted by molar-refractivity contribution is 0.0952. The van der Waals surface area contributed by atoms with Gasteiger partial charge in [0.15, 0.2) is 0 Å². The maximum atomic E-state index is 12.3. The minimum absolute atomic E-state index is 0.120. The molecule has 1 aromatic heterocycles. The molecule has 1 aromatic carbocycles. The second-order valence-corrected chi connectivity index (χ2v) is 6.50. The number of halogens is 1. The third-order valence-corrected chi connectivity index (χ3v) is 4.49. The minimum atomic E-state index is -0.120. The highest BCUT2D eigenvalue weighted by molar-refractivity contribution is 9.10. The van der Waals surface area contributed by atoms with Gasteiger partial charge in [-0.1, -0.05) is 0 Å². The first-order valence-electron chi connectivity index (χ1n) is 6.05. The average molecular weight is 354 g/mol. The number of nitrogen functional groups attached to an aromatic ring is 1. The standard InChI is InChI=1S/C14H16BrN3OS/c1-18(2)13-4-3-10(16)6-12(13)14(19)17-7-11-5-9(15)8-20-11/h3-6,8H,7,16H2,1-2H3,(H,17,19). The summed E-state index contributed by atoms with van der Waals surface area (Å²) in [7, 11) is 3.80. The summed E-state index contributed by atoms with van der Waals surface area (Å²) >= 11 is 5.00.